The standard InChI is InChI=1S/C16H20NO/c18-12-5-4-11-9-15-13-3-1-2-6-16(13,7-8-17-15)14(11)10-12/h4-5,10,13,15,17H,1-3,6-9H2/t13-,15+,16+/m0/s1. The molecule has 2 heteroatoms. The number of benzene rings is 1. The summed E-state index contributed by atoms with van der Waals surface area (Å²) in [5, 5.41) is 15.5. The molecular formula is C16H20NO. The molecule has 1 saturated heterocycles. The number of nitrogens with one attached hydrogen (secondary N) is 1. The monoisotopic (exact) mass is 242 g/mol. The second-order valence-electron chi connectivity index (χ2n) is 6.34. The lowest BCUT2D eigenvalue weighted by atomic mass is 9.53. The Bertz CT molecular complexity index is 480. The van der Waals surface area contributed by atoms with Crippen LogP contribution in [-0.4, -0.2) is 12.6 Å². The Morgan fingerprint density at radius 1 is 1.22 bits per heavy atom. The molecule has 0 unspecified atom stereocenters. The van der Waals surface area contributed by atoms with Crippen LogP contribution in [0.3, 0.4) is 0 Å². The molecule has 4 rings (SSSR count). The van der Waals surface area contributed by atoms with E-state index in [2.05, 4.69) is 11.4 Å². The molecule has 0 amide bonds. The summed E-state index contributed by atoms with van der Waals surface area (Å²) in [5.74, 6) is 0.971. The molecule has 1 aliphatic heterocycles. The fraction of sp³-hybridized carbons (Fsp3) is 0.625. The zero-order chi connectivity index (χ0) is 12.2. The first-order valence-electron chi connectivity index (χ1n) is 7.33. The van der Waals surface area contributed by atoms with Crippen molar-refractivity contribution in [3.8, 4) is 5.75 Å². The molecular weight excluding hydrogens is 222 g/mol. The molecule has 0 aromatic heterocycles. The molecule has 1 aromatic carbocycles. The molecule has 3 atom stereocenters. The van der Waals surface area contributed by atoms with Crippen LogP contribution in [0, 0.1) is 5.92 Å². The van der Waals surface area contributed by atoms with Crippen molar-refractivity contribution in [3.05, 3.63) is 29.3 Å². The molecule has 2 bridgehead atoms. The van der Waals surface area contributed by atoms with Gasteiger partial charge in [-0.05, 0) is 61.4 Å². The summed E-state index contributed by atoms with van der Waals surface area (Å²) in [6.07, 6.45) is 7.71. The zero-order valence-corrected chi connectivity index (χ0v) is 10.7. The summed E-state index contributed by atoms with van der Waals surface area (Å²) < 4.78 is 0. The lowest BCUT2D eigenvalue weighted by Gasteiger charge is -2.55. The second kappa shape index (κ2) is 3.74. The lowest BCUT2D eigenvalue weighted by molar-refractivity contribution is 0.0794. The van der Waals surface area contributed by atoms with Crippen LogP contribution in [0.15, 0.2) is 18.2 Å². The molecule has 1 radical (unpaired) electrons. The van der Waals surface area contributed by atoms with E-state index >= 15 is 0 Å². The summed E-state index contributed by atoms with van der Waals surface area (Å²) >= 11 is 0. The maximum Gasteiger partial charge on any atom is 0.178 e. The van der Waals surface area contributed by atoms with E-state index < -0.39 is 0 Å². The van der Waals surface area contributed by atoms with Gasteiger partial charge in [-0.2, -0.15) is 0 Å². The van der Waals surface area contributed by atoms with Crippen molar-refractivity contribution in [2.24, 2.45) is 5.92 Å². The Labute approximate surface area is 108 Å². The minimum atomic E-state index is 0.199. The van der Waals surface area contributed by atoms with Crippen molar-refractivity contribution in [1.29, 1.82) is 0 Å². The van der Waals surface area contributed by atoms with Crippen LogP contribution in [0.25, 0.3) is 0 Å². The molecule has 0 spiro atoms. The molecule has 1 aromatic rings. The van der Waals surface area contributed by atoms with Crippen molar-refractivity contribution in [1.82, 2.24) is 5.32 Å². The number of hydrogen-bond acceptors (Lipinski definition) is 1. The van der Waals surface area contributed by atoms with E-state index in [0.29, 0.717) is 11.5 Å². The Morgan fingerprint density at radius 2 is 2.17 bits per heavy atom. The van der Waals surface area contributed by atoms with E-state index in [1.165, 1.54) is 43.2 Å². The maximum atomic E-state index is 11.8. The molecule has 2 fully saturated rings. The highest BCUT2D eigenvalue weighted by atomic mass is 16.3. The molecule has 2 aliphatic carbocycles. The Hall–Kier alpha value is -1.02. The number of rotatable bonds is 0. The van der Waals surface area contributed by atoms with E-state index in [9.17, 15) is 5.11 Å². The van der Waals surface area contributed by atoms with E-state index in [0.717, 1.165) is 18.9 Å². The fourth-order valence-electron chi connectivity index (χ4n) is 4.90. The highest BCUT2D eigenvalue weighted by Crippen LogP contribution is 2.54. The quantitative estimate of drug-likeness (QED) is 0.744. The molecule has 95 valence electrons. The van der Waals surface area contributed by atoms with Crippen LogP contribution in [-0.2, 0) is 16.9 Å². The van der Waals surface area contributed by atoms with Gasteiger partial charge < -0.3 is 5.32 Å². The lowest BCUT2D eigenvalue weighted by Crippen LogP contribution is -2.59. The van der Waals surface area contributed by atoms with Gasteiger partial charge in [0, 0.05) is 11.5 Å². The average molecular weight is 242 g/mol. The van der Waals surface area contributed by atoms with Crippen molar-refractivity contribution < 1.29 is 5.11 Å². The second-order valence-corrected chi connectivity index (χ2v) is 6.34. The minimum Gasteiger partial charge on any atom is -0.313 e. The van der Waals surface area contributed by atoms with E-state index in [1.807, 2.05) is 6.07 Å². The largest absolute Gasteiger partial charge is 0.313 e. The van der Waals surface area contributed by atoms with Crippen LogP contribution in [0.2, 0.25) is 0 Å². The van der Waals surface area contributed by atoms with Gasteiger partial charge in [-0.15, -0.1) is 0 Å². The van der Waals surface area contributed by atoms with Crippen LogP contribution in [0.1, 0.15) is 43.2 Å². The molecule has 1 N–H and O–H groups in total. The van der Waals surface area contributed by atoms with Gasteiger partial charge in [0.25, 0.3) is 0 Å². The maximum absolute atomic E-state index is 11.8. The summed E-state index contributed by atoms with van der Waals surface area (Å²) in [6.45, 7) is 1.13. The third-order valence-corrected chi connectivity index (χ3v) is 5.62. The van der Waals surface area contributed by atoms with Crippen molar-refractivity contribution in [3.63, 3.8) is 0 Å². The molecule has 18 heavy (non-hydrogen) atoms. The SMILES string of the molecule is [O]c1ccc2c(c1)[C@@]13CCCC[C@H]1[C@@H](C2)NCC3. The van der Waals surface area contributed by atoms with E-state index in [4.69, 9.17) is 0 Å². The topological polar surface area (TPSA) is 31.9 Å². The number of hydrogen-bond donors (Lipinski definition) is 1. The third kappa shape index (κ3) is 1.33. The zero-order valence-electron chi connectivity index (χ0n) is 10.7. The summed E-state index contributed by atoms with van der Waals surface area (Å²) in [4.78, 5) is 0. The molecule has 1 saturated carbocycles. The first-order chi connectivity index (χ1) is 8.79. The fourth-order valence-corrected chi connectivity index (χ4v) is 4.90. The highest BCUT2D eigenvalue weighted by molar-refractivity contribution is 5.45. The first-order valence-corrected chi connectivity index (χ1v) is 7.33. The van der Waals surface area contributed by atoms with Gasteiger partial charge in [-0.3, -0.25) is 5.11 Å². The predicted octanol–water partition coefficient (Wildman–Crippen LogP) is 3.18. The van der Waals surface area contributed by atoms with E-state index in [-0.39, 0.29) is 5.75 Å². The Morgan fingerprint density at radius 3 is 3.11 bits per heavy atom. The predicted molar refractivity (Wildman–Crippen MR) is 70.3 cm³/mol. The van der Waals surface area contributed by atoms with Gasteiger partial charge in [-0.1, -0.05) is 18.9 Å². The van der Waals surface area contributed by atoms with Crippen molar-refractivity contribution in [2.45, 2.75) is 50.0 Å². The minimum absolute atomic E-state index is 0.199. The third-order valence-electron chi connectivity index (χ3n) is 5.62. The smallest absolute Gasteiger partial charge is 0.178 e. The van der Waals surface area contributed by atoms with Gasteiger partial charge >= 0.3 is 0 Å². The Kier molecular flexibility index (Phi) is 2.25. The summed E-state index contributed by atoms with van der Waals surface area (Å²) in [6, 6.07) is 6.44. The van der Waals surface area contributed by atoms with E-state index in [1.54, 1.807) is 6.07 Å². The van der Waals surface area contributed by atoms with Gasteiger partial charge in [-0.25, -0.2) is 0 Å². The summed E-state index contributed by atoms with van der Waals surface area (Å²) in [7, 11) is 0. The van der Waals surface area contributed by atoms with Crippen LogP contribution < -0.4 is 5.32 Å². The normalized spacial score (nSPS) is 37.8. The average Bonchev–Trinajstić information content (AvgIpc) is 2.40. The number of piperidine rings is 1. The molecule has 3 aliphatic rings. The summed E-state index contributed by atoms with van der Waals surface area (Å²) in [5.41, 5.74) is 3.18. The highest BCUT2D eigenvalue weighted by Gasteiger charge is 2.51. The van der Waals surface area contributed by atoms with Crippen LogP contribution in [0.5, 0.6) is 5.75 Å². The first kappa shape index (κ1) is 10.9. The van der Waals surface area contributed by atoms with Crippen LogP contribution in [0.4, 0.5) is 0 Å². The van der Waals surface area contributed by atoms with Crippen molar-refractivity contribution >= 4 is 0 Å². The molecule has 1 heterocycles. The van der Waals surface area contributed by atoms with Crippen LogP contribution >= 0.6 is 0 Å². The Balaban J connectivity index is 1.91. The van der Waals surface area contributed by atoms with Gasteiger partial charge in [0.05, 0.1) is 0 Å². The number of fused-ring (bicyclic) bond motifs is 1. The van der Waals surface area contributed by atoms with Gasteiger partial charge in [0.15, 0.2) is 5.75 Å². The molecule has 2 nitrogen and oxygen atoms in total. The van der Waals surface area contributed by atoms with Gasteiger partial charge in [0.1, 0.15) is 0 Å². The van der Waals surface area contributed by atoms with Gasteiger partial charge in [0.2, 0.25) is 0 Å². The van der Waals surface area contributed by atoms with Crippen molar-refractivity contribution in [2.75, 3.05) is 6.54 Å².